The molecule has 0 aromatic rings. The fourth-order valence-electron chi connectivity index (χ4n) is 3.03. The van der Waals surface area contributed by atoms with Crippen LogP contribution in [0.15, 0.2) is 0 Å². The first-order valence-electron chi connectivity index (χ1n) is 5.50. The molecule has 0 amide bonds. The first-order chi connectivity index (χ1) is 7.08. The van der Waals surface area contributed by atoms with Gasteiger partial charge in [-0.2, -0.15) is 0 Å². The summed E-state index contributed by atoms with van der Waals surface area (Å²) in [6.07, 6.45) is -0.0271. The largest absolute Gasteiger partial charge is 0.481 e. The first kappa shape index (κ1) is 13.2. The van der Waals surface area contributed by atoms with E-state index in [1.54, 1.807) is 0 Å². The molecule has 0 spiro atoms. The van der Waals surface area contributed by atoms with Crippen LogP contribution in [-0.4, -0.2) is 28.1 Å². The lowest BCUT2D eigenvalue weighted by Gasteiger charge is -2.26. The smallest absolute Gasteiger partial charge is 0.303 e. The summed E-state index contributed by atoms with van der Waals surface area (Å²) in [6.45, 7) is 8.91. The molecule has 0 unspecified atom stereocenters. The van der Waals surface area contributed by atoms with Crippen LogP contribution in [0.5, 0.6) is 0 Å². The number of ether oxygens (including phenoxy) is 1. The number of hydrogen-bond acceptors (Lipinski definition) is 3. The van der Waals surface area contributed by atoms with E-state index in [0.29, 0.717) is 0 Å². The molecule has 1 heterocycles. The maximum absolute atomic E-state index is 11.7. The van der Waals surface area contributed by atoms with Crippen molar-refractivity contribution in [2.45, 2.75) is 52.2 Å². The van der Waals surface area contributed by atoms with Gasteiger partial charge in [0.15, 0.2) is 0 Å². The Labute approximate surface area is 96.0 Å². The van der Waals surface area contributed by atoms with E-state index >= 15 is 0 Å². The molecular formula is C12H20O4. The van der Waals surface area contributed by atoms with Crippen LogP contribution in [0.1, 0.15) is 41.0 Å². The summed E-state index contributed by atoms with van der Waals surface area (Å²) in [5.41, 5.74) is -1.16. The van der Waals surface area contributed by atoms with Gasteiger partial charge < -0.3 is 9.84 Å². The number of carbonyl (C=O) groups excluding carboxylic acids is 1. The Hall–Kier alpha value is -0.900. The van der Waals surface area contributed by atoms with Gasteiger partial charge in [0, 0.05) is 5.92 Å². The van der Waals surface area contributed by atoms with Crippen LogP contribution >= 0.6 is 0 Å². The molecule has 92 valence electrons. The normalized spacial score (nSPS) is 31.3. The Morgan fingerprint density at radius 2 is 1.69 bits per heavy atom. The topological polar surface area (TPSA) is 63.6 Å². The minimum absolute atomic E-state index is 0.00169. The van der Waals surface area contributed by atoms with E-state index in [1.807, 2.05) is 27.7 Å². The maximum atomic E-state index is 11.7. The second-order valence-corrected chi connectivity index (χ2v) is 5.60. The van der Waals surface area contributed by atoms with E-state index in [2.05, 4.69) is 0 Å². The van der Waals surface area contributed by atoms with Crippen LogP contribution in [0.2, 0.25) is 0 Å². The van der Waals surface area contributed by atoms with Crippen molar-refractivity contribution in [1.29, 1.82) is 0 Å². The Bertz CT molecular complexity index is 317. The van der Waals surface area contributed by atoms with Crippen molar-refractivity contribution in [3.05, 3.63) is 0 Å². The van der Waals surface area contributed by atoms with Crippen molar-refractivity contribution in [2.75, 3.05) is 0 Å². The van der Waals surface area contributed by atoms with Crippen LogP contribution in [-0.2, 0) is 14.3 Å². The fourth-order valence-corrected chi connectivity index (χ4v) is 3.03. The number of aliphatic carboxylic acids is 1. The van der Waals surface area contributed by atoms with Crippen molar-refractivity contribution < 1.29 is 19.4 Å². The van der Waals surface area contributed by atoms with Gasteiger partial charge in [-0.05, 0) is 34.6 Å². The zero-order valence-corrected chi connectivity index (χ0v) is 10.5. The van der Waals surface area contributed by atoms with Crippen LogP contribution in [0.3, 0.4) is 0 Å². The molecule has 0 aliphatic carbocycles. The second kappa shape index (κ2) is 3.84. The van der Waals surface area contributed by atoms with Gasteiger partial charge >= 0.3 is 5.97 Å². The zero-order valence-electron chi connectivity index (χ0n) is 10.5. The predicted molar refractivity (Wildman–Crippen MR) is 59.2 cm³/mol. The quantitative estimate of drug-likeness (QED) is 0.801. The van der Waals surface area contributed by atoms with Crippen LogP contribution < -0.4 is 0 Å². The lowest BCUT2D eigenvalue weighted by molar-refractivity contribution is -0.140. The molecule has 0 saturated carbocycles. The highest BCUT2D eigenvalue weighted by Gasteiger charge is 2.56. The standard InChI is InChI=1S/C12H20O4/c1-7(13)10-8(6-9(14)15)11(2,3)16-12(10,4)5/h8,10H,6H2,1-5H3,(H,14,15)/t8-,10+/m0/s1. The average molecular weight is 228 g/mol. The van der Waals surface area contributed by atoms with Crippen molar-refractivity contribution in [3.8, 4) is 0 Å². The molecule has 1 fully saturated rings. The zero-order chi connectivity index (χ0) is 12.7. The molecule has 0 radical (unpaired) electrons. The summed E-state index contributed by atoms with van der Waals surface area (Å²) in [4.78, 5) is 22.5. The van der Waals surface area contributed by atoms with E-state index < -0.39 is 17.2 Å². The molecule has 1 rings (SSSR count). The van der Waals surface area contributed by atoms with Gasteiger partial charge in [0.1, 0.15) is 5.78 Å². The highest BCUT2D eigenvalue weighted by molar-refractivity contribution is 5.81. The molecule has 1 saturated heterocycles. The van der Waals surface area contributed by atoms with Crippen molar-refractivity contribution >= 4 is 11.8 Å². The molecular weight excluding hydrogens is 208 g/mol. The van der Waals surface area contributed by atoms with Gasteiger partial charge in [-0.25, -0.2) is 0 Å². The third kappa shape index (κ3) is 2.26. The number of carboxylic acids is 1. The molecule has 2 atom stereocenters. The molecule has 16 heavy (non-hydrogen) atoms. The van der Waals surface area contributed by atoms with Crippen LogP contribution in [0.4, 0.5) is 0 Å². The van der Waals surface area contributed by atoms with Gasteiger partial charge in [-0.3, -0.25) is 9.59 Å². The molecule has 0 bridgehead atoms. The SMILES string of the molecule is CC(=O)[C@@H]1[C@H](CC(=O)O)C(C)(C)OC1(C)C. The Morgan fingerprint density at radius 3 is 2.06 bits per heavy atom. The fraction of sp³-hybridized carbons (Fsp3) is 0.833. The van der Waals surface area contributed by atoms with Crippen molar-refractivity contribution in [3.63, 3.8) is 0 Å². The average Bonchev–Trinajstić information content (AvgIpc) is 2.14. The molecule has 0 aromatic heterocycles. The number of carboxylic acid groups (broad SMARTS) is 1. The first-order valence-corrected chi connectivity index (χ1v) is 5.50. The highest BCUT2D eigenvalue weighted by atomic mass is 16.5. The lowest BCUT2D eigenvalue weighted by atomic mass is 9.73. The second-order valence-electron chi connectivity index (χ2n) is 5.60. The Morgan fingerprint density at radius 1 is 1.19 bits per heavy atom. The van der Waals surface area contributed by atoms with E-state index in [-0.39, 0.29) is 24.0 Å². The van der Waals surface area contributed by atoms with E-state index in [4.69, 9.17) is 9.84 Å². The third-order valence-corrected chi connectivity index (χ3v) is 3.40. The summed E-state index contributed by atoms with van der Waals surface area (Å²) >= 11 is 0. The number of carbonyl (C=O) groups is 2. The van der Waals surface area contributed by atoms with Crippen molar-refractivity contribution in [2.24, 2.45) is 11.8 Å². The van der Waals surface area contributed by atoms with Crippen molar-refractivity contribution in [1.82, 2.24) is 0 Å². The molecule has 1 N–H and O–H groups in total. The summed E-state index contributed by atoms with van der Waals surface area (Å²) in [5, 5.41) is 8.91. The molecule has 1 aliphatic rings. The van der Waals surface area contributed by atoms with E-state index in [1.165, 1.54) is 6.92 Å². The van der Waals surface area contributed by atoms with Crippen LogP contribution in [0, 0.1) is 11.8 Å². The number of rotatable bonds is 3. The Kier molecular flexibility index (Phi) is 3.16. The van der Waals surface area contributed by atoms with Gasteiger partial charge in [-0.15, -0.1) is 0 Å². The monoisotopic (exact) mass is 228 g/mol. The predicted octanol–water partition coefficient (Wildman–Crippen LogP) is 1.87. The molecule has 4 heteroatoms. The summed E-state index contributed by atoms with van der Waals surface area (Å²) in [7, 11) is 0. The maximum Gasteiger partial charge on any atom is 0.303 e. The molecule has 4 nitrogen and oxygen atoms in total. The van der Waals surface area contributed by atoms with Gasteiger partial charge in [0.2, 0.25) is 0 Å². The minimum Gasteiger partial charge on any atom is -0.481 e. The Balaban J connectivity index is 3.08. The van der Waals surface area contributed by atoms with Gasteiger partial charge in [0.25, 0.3) is 0 Å². The van der Waals surface area contributed by atoms with Gasteiger partial charge in [0.05, 0.1) is 23.5 Å². The number of ketones is 1. The van der Waals surface area contributed by atoms with Gasteiger partial charge in [-0.1, -0.05) is 0 Å². The number of hydrogen-bond donors (Lipinski definition) is 1. The molecule has 0 aromatic carbocycles. The summed E-state index contributed by atoms with van der Waals surface area (Å²) in [6, 6.07) is 0. The third-order valence-electron chi connectivity index (χ3n) is 3.40. The summed E-state index contributed by atoms with van der Waals surface area (Å²) in [5.74, 6) is -1.50. The highest BCUT2D eigenvalue weighted by Crippen LogP contribution is 2.48. The summed E-state index contributed by atoms with van der Waals surface area (Å²) < 4.78 is 5.84. The number of Topliss-reactive ketones (excluding diaryl/α,β-unsaturated/α-hetero) is 1. The van der Waals surface area contributed by atoms with E-state index in [9.17, 15) is 9.59 Å². The minimum atomic E-state index is -0.884. The van der Waals surface area contributed by atoms with E-state index in [0.717, 1.165) is 0 Å². The lowest BCUT2D eigenvalue weighted by Crippen LogP contribution is -2.36. The molecule has 1 aliphatic heterocycles. The van der Waals surface area contributed by atoms with Crippen LogP contribution in [0.25, 0.3) is 0 Å².